The molecule has 2 aromatic rings. The highest BCUT2D eigenvalue weighted by Gasteiger charge is 2.22. The van der Waals surface area contributed by atoms with Gasteiger partial charge in [-0.15, -0.1) is 12.4 Å². The van der Waals surface area contributed by atoms with E-state index < -0.39 is 0 Å². The maximum Gasteiger partial charge on any atom is 0.0517 e. The molecule has 4 rings (SSSR count). The van der Waals surface area contributed by atoms with Crippen LogP contribution >= 0.6 is 12.4 Å². The molecule has 0 aliphatic carbocycles. The normalized spacial score (nSPS) is 18.0. The number of benzene rings is 1. The first-order valence-corrected chi connectivity index (χ1v) is 6.78. The van der Waals surface area contributed by atoms with E-state index in [1.807, 2.05) is 0 Å². The highest BCUT2D eigenvalue weighted by molar-refractivity contribution is 5.89. The Morgan fingerprint density at radius 1 is 1.06 bits per heavy atom. The summed E-state index contributed by atoms with van der Waals surface area (Å²) in [5.74, 6) is 0. The van der Waals surface area contributed by atoms with E-state index in [-0.39, 0.29) is 12.4 Å². The van der Waals surface area contributed by atoms with Crippen LogP contribution in [0.25, 0.3) is 10.9 Å². The smallest absolute Gasteiger partial charge is 0.0517 e. The highest BCUT2D eigenvalue weighted by atomic mass is 35.5. The van der Waals surface area contributed by atoms with E-state index in [1.54, 1.807) is 22.3 Å². The lowest BCUT2D eigenvalue weighted by Crippen LogP contribution is -2.18. The summed E-state index contributed by atoms with van der Waals surface area (Å²) in [5, 5.41) is 5.04. The average Bonchev–Trinajstić information content (AvgIpc) is 2.55. The molecule has 2 aliphatic rings. The highest BCUT2D eigenvalue weighted by Crippen LogP contribution is 2.33. The number of hydrogen-bond acceptors (Lipinski definition) is 1. The molecular formula is C15H19ClN2. The van der Waals surface area contributed by atoms with Crippen LogP contribution in [0.1, 0.15) is 23.2 Å². The molecule has 0 saturated carbocycles. The third kappa shape index (κ3) is 1.59. The van der Waals surface area contributed by atoms with E-state index in [0.29, 0.717) is 0 Å². The Bertz CT molecular complexity index is 586. The lowest BCUT2D eigenvalue weighted by atomic mass is 10.0. The van der Waals surface area contributed by atoms with Crippen LogP contribution in [0, 0.1) is 0 Å². The Morgan fingerprint density at radius 2 is 1.94 bits per heavy atom. The van der Waals surface area contributed by atoms with Crippen LogP contribution in [-0.4, -0.2) is 17.7 Å². The molecule has 0 saturated heterocycles. The van der Waals surface area contributed by atoms with Gasteiger partial charge in [-0.3, -0.25) is 0 Å². The van der Waals surface area contributed by atoms with Crippen LogP contribution in [0.5, 0.6) is 0 Å². The second-order valence-corrected chi connectivity index (χ2v) is 5.24. The standard InChI is InChI=1S/C15H18N2.ClH/c1-3-11-4-2-10-17-14-7-9-16-8-6-12(14)13(5-1)15(11)17;/h1,3,5,16H,2,4,6-10H2;1H. The average molecular weight is 263 g/mol. The van der Waals surface area contributed by atoms with Gasteiger partial charge in [0.25, 0.3) is 0 Å². The van der Waals surface area contributed by atoms with Crippen LogP contribution in [0.15, 0.2) is 18.2 Å². The minimum atomic E-state index is 0. The van der Waals surface area contributed by atoms with Crippen LogP contribution in [0.3, 0.4) is 0 Å². The Kier molecular flexibility index (Phi) is 3.08. The fraction of sp³-hybridized carbons (Fsp3) is 0.467. The van der Waals surface area contributed by atoms with Gasteiger partial charge in [-0.25, -0.2) is 0 Å². The van der Waals surface area contributed by atoms with Gasteiger partial charge in [-0.05, 0) is 36.9 Å². The van der Waals surface area contributed by atoms with Gasteiger partial charge in [-0.1, -0.05) is 18.2 Å². The molecule has 2 nitrogen and oxygen atoms in total. The minimum Gasteiger partial charge on any atom is -0.344 e. The van der Waals surface area contributed by atoms with Gasteiger partial charge in [-0.2, -0.15) is 0 Å². The number of nitrogens with one attached hydrogen (secondary N) is 1. The summed E-state index contributed by atoms with van der Waals surface area (Å²) in [4.78, 5) is 0. The molecule has 0 radical (unpaired) electrons. The van der Waals surface area contributed by atoms with Gasteiger partial charge in [0.05, 0.1) is 5.52 Å². The molecule has 0 atom stereocenters. The van der Waals surface area contributed by atoms with Gasteiger partial charge in [0.1, 0.15) is 0 Å². The van der Waals surface area contributed by atoms with Crippen molar-refractivity contribution in [2.75, 3.05) is 13.1 Å². The molecular weight excluding hydrogens is 244 g/mol. The maximum absolute atomic E-state index is 3.52. The number of halogens is 1. The Labute approximate surface area is 114 Å². The van der Waals surface area contributed by atoms with E-state index in [0.717, 1.165) is 13.1 Å². The van der Waals surface area contributed by atoms with E-state index in [9.17, 15) is 0 Å². The quantitative estimate of drug-likeness (QED) is 0.773. The topological polar surface area (TPSA) is 17.0 Å². The molecule has 18 heavy (non-hydrogen) atoms. The molecule has 1 aromatic carbocycles. The molecule has 3 heterocycles. The Morgan fingerprint density at radius 3 is 2.89 bits per heavy atom. The molecule has 2 aliphatic heterocycles. The predicted octanol–water partition coefficient (Wildman–Crippen LogP) is 2.70. The molecule has 96 valence electrons. The zero-order valence-corrected chi connectivity index (χ0v) is 11.4. The van der Waals surface area contributed by atoms with Crippen molar-refractivity contribution in [2.45, 2.75) is 32.2 Å². The second-order valence-electron chi connectivity index (χ2n) is 5.24. The van der Waals surface area contributed by atoms with Crippen molar-refractivity contribution in [2.24, 2.45) is 0 Å². The third-order valence-electron chi connectivity index (χ3n) is 4.31. The molecule has 3 heteroatoms. The van der Waals surface area contributed by atoms with Crippen molar-refractivity contribution in [3.8, 4) is 0 Å². The maximum atomic E-state index is 3.52. The Hall–Kier alpha value is -0.990. The number of fused-ring (bicyclic) bond motifs is 3. The molecule has 1 N–H and O–H groups in total. The summed E-state index contributed by atoms with van der Waals surface area (Å²) >= 11 is 0. The summed E-state index contributed by atoms with van der Waals surface area (Å²) in [6.45, 7) is 3.50. The lowest BCUT2D eigenvalue weighted by molar-refractivity contribution is 0.604. The van der Waals surface area contributed by atoms with Crippen molar-refractivity contribution in [1.29, 1.82) is 0 Å². The van der Waals surface area contributed by atoms with Gasteiger partial charge < -0.3 is 9.88 Å². The first-order chi connectivity index (χ1) is 8.45. The predicted molar refractivity (Wildman–Crippen MR) is 77.8 cm³/mol. The largest absolute Gasteiger partial charge is 0.344 e. The number of rotatable bonds is 0. The van der Waals surface area contributed by atoms with Gasteiger partial charge >= 0.3 is 0 Å². The summed E-state index contributed by atoms with van der Waals surface area (Å²) in [7, 11) is 0. The van der Waals surface area contributed by atoms with E-state index in [1.165, 1.54) is 37.6 Å². The van der Waals surface area contributed by atoms with Crippen molar-refractivity contribution in [1.82, 2.24) is 9.88 Å². The van der Waals surface area contributed by atoms with E-state index in [2.05, 4.69) is 28.1 Å². The zero-order valence-electron chi connectivity index (χ0n) is 10.5. The lowest BCUT2D eigenvalue weighted by Gasteiger charge is -2.17. The molecule has 0 spiro atoms. The summed E-state index contributed by atoms with van der Waals surface area (Å²) in [6.07, 6.45) is 4.96. The summed E-state index contributed by atoms with van der Waals surface area (Å²) in [5.41, 5.74) is 6.34. The van der Waals surface area contributed by atoms with Crippen molar-refractivity contribution >= 4 is 23.3 Å². The zero-order chi connectivity index (χ0) is 11.2. The molecule has 0 unspecified atom stereocenters. The van der Waals surface area contributed by atoms with Crippen molar-refractivity contribution in [3.05, 3.63) is 35.0 Å². The minimum absolute atomic E-state index is 0. The van der Waals surface area contributed by atoms with Gasteiger partial charge in [0, 0.05) is 30.6 Å². The summed E-state index contributed by atoms with van der Waals surface area (Å²) in [6, 6.07) is 6.88. The van der Waals surface area contributed by atoms with Crippen LogP contribution in [0.2, 0.25) is 0 Å². The van der Waals surface area contributed by atoms with E-state index in [4.69, 9.17) is 0 Å². The second kappa shape index (κ2) is 4.60. The molecule has 1 aromatic heterocycles. The molecule has 0 amide bonds. The monoisotopic (exact) mass is 262 g/mol. The number of hydrogen-bond donors (Lipinski definition) is 1. The van der Waals surface area contributed by atoms with Crippen LogP contribution in [0.4, 0.5) is 0 Å². The Balaban J connectivity index is 0.000001000. The number of aryl methyl sites for hydroxylation is 2. The third-order valence-corrected chi connectivity index (χ3v) is 4.31. The SMILES string of the molecule is Cl.c1cc2c3c(c1)c1c(n3CCC2)CCNCC1. The van der Waals surface area contributed by atoms with Crippen molar-refractivity contribution < 1.29 is 0 Å². The van der Waals surface area contributed by atoms with E-state index >= 15 is 0 Å². The fourth-order valence-electron chi connectivity index (χ4n) is 3.59. The first kappa shape index (κ1) is 12.1. The van der Waals surface area contributed by atoms with Crippen LogP contribution in [-0.2, 0) is 25.8 Å². The number of para-hydroxylation sites is 1. The number of aromatic nitrogens is 1. The van der Waals surface area contributed by atoms with Gasteiger partial charge in [0.2, 0.25) is 0 Å². The van der Waals surface area contributed by atoms with Crippen LogP contribution < -0.4 is 5.32 Å². The van der Waals surface area contributed by atoms with Crippen molar-refractivity contribution in [3.63, 3.8) is 0 Å². The number of nitrogens with zero attached hydrogens (tertiary/aromatic N) is 1. The van der Waals surface area contributed by atoms with Gasteiger partial charge in [0.15, 0.2) is 0 Å². The molecule has 0 fully saturated rings. The molecule has 0 bridgehead atoms. The fourth-order valence-corrected chi connectivity index (χ4v) is 3.59. The first-order valence-electron chi connectivity index (χ1n) is 6.78. The summed E-state index contributed by atoms with van der Waals surface area (Å²) < 4.78 is 2.61.